The van der Waals surface area contributed by atoms with Gasteiger partial charge < -0.3 is 21.7 Å². The Bertz CT molecular complexity index is 431. The Morgan fingerprint density at radius 1 is 1.24 bits per heavy atom. The van der Waals surface area contributed by atoms with Crippen LogP contribution in [0.1, 0.15) is 6.42 Å². The molecule has 0 spiro atoms. The Morgan fingerprint density at radius 3 is 2.33 bits per heavy atom. The van der Waals surface area contributed by atoms with E-state index in [1.54, 1.807) is 0 Å². The number of amides is 2. The number of halogens is 2. The van der Waals surface area contributed by atoms with Crippen molar-refractivity contribution < 1.29 is 9.59 Å². The van der Waals surface area contributed by atoms with Gasteiger partial charge in [-0.2, -0.15) is 0 Å². The van der Waals surface area contributed by atoms with E-state index < -0.39 is 11.9 Å². The summed E-state index contributed by atoms with van der Waals surface area (Å²) < 4.78 is 0. The van der Waals surface area contributed by atoms with Gasteiger partial charge in [-0.05, 0) is 12.1 Å². The highest BCUT2D eigenvalue weighted by Gasteiger charge is 2.15. The average molecular weight is 337 g/mol. The van der Waals surface area contributed by atoms with Crippen LogP contribution in [0.4, 0.5) is 5.69 Å². The first-order valence-corrected chi connectivity index (χ1v) is 6.08. The molecule has 6 nitrogen and oxygen atoms in total. The molecule has 0 saturated carbocycles. The van der Waals surface area contributed by atoms with Crippen LogP contribution in [0.15, 0.2) is 30.3 Å². The van der Waals surface area contributed by atoms with Gasteiger partial charge in [-0.3, -0.25) is 9.59 Å². The summed E-state index contributed by atoms with van der Waals surface area (Å²) in [6.07, 6.45) is -0.139. The number of anilines is 1. The number of nitrogens with two attached hydrogens (primary N) is 2. The predicted octanol–water partition coefficient (Wildman–Crippen LogP) is 0.285. The number of nitrogens with one attached hydrogen (secondary N) is 1. The lowest BCUT2D eigenvalue weighted by molar-refractivity contribution is -0.126. The predicted molar refractivity (Wildman–Crippen MR) is 89.0 cm³/mol. The zero-order valence-corrected chi connectivity index (χ0v) is 13.5. The molecule has 0 radical (unpaired) electrons. The molecule has 2 amide bonds. The summed E-state index contributed by atoms with van der Waals surface area (Å²) in [7, 11) is 1.94. The Labute approximate surface area is 137 Å². The molecule has 1 rings (SSSR count). The Kier molecular flexibility index (Phi) is 11.6. The van der Waals surface area contributed by atoms with Crippen molar-refractivity contribution in [2.45, 2.75) is 12.5 Å². The SMILES string of the molecule is CN(CCNC(=O)C(N)CC(N)=O)c1ccccc1.Cl.Cl. The molecule has 8 heteroatoms. The van der Waals surface area contributed by atoms with E-state index in [1.165, 1.54) is 0 Å². The van der Waals surface area contributed by atoms with E-state index >= 15 is 0 Å². The number of carbonyl (C=O) groups excluding carboxylic acids is 2. The number of benzene rings is 1. The number of para-hydroxylation sites is 1. The number of hydrogen-bond donors (Lipinski definition) is 3. The fourth-order valence-corrected chi connectivity index (χ4v) is 1.60. The first-order valence-electron chi connectivity index (χ1n) is 6.08. The number of rotatable bonds is 7. The summed E-state index contributed by atoms with van der Waals surface area (Å²) in [5, 5.41) is 2.68. The Morgan fingerprint density at radius 2 is 1.81 bits per heavy atom. The average Bonchev–Trinajstić information content (AvgIpc) is 2.38. The normalized spacial score (nSPS) is 10.6. The van der Waals surface area contributed by atoms with Crippen molar-refractivity contribution in [1.82, 2.24) is 5.32 Å². The number of carbonyl (C=O) groups is 2. The molecule has 1 aromatic rings. The van der Waals surface area contributed by atoms with Gasteiger partial charge in [-0.15, -0.1) is 24.8 Å². The van der Waals surface area contributed by atoms with Crippen molar-refractivity contribution in [2.24, 2.45) is 11.5 Å². The lowest BCUT2D eigenvalue weighted by Crippen LogP contribution is -2.45. The Balaban J connectivity index is 0. The molecule has 0 aliphatic heterocycles. The standard InChI is InChI=1S/C13H20N4O2.2ClH/c1-17(10-5-3-2-4-6-10)8-7-16-13(19)11(14)9-12(15)18;;/h2-6,11H,7-9,14H2,1H3,(H2,15,18)(H,16,19);2*1H. The zero-order valence-electron chi connectivity index (χ0n) is 11.8. The number of primary amides is 1. The van der Waals surface area contributed by atoms with Gasteiger partial charge in [0.05, 0.1) is 12.5 Å². The van der Waals surface area contributed by atoms with E-state index in [9.17, 15) is 9.59 Å². The fourth-order valence-electron chi connectivity index (χ4n) is 1.60. The first kappa shape index (κ1) is 21.8. The summed E-state index contributed by atoms with van der Waals surface area (Å²) >= 11 is 0. The number of likely N-dealkylation sites (N-methyl/N-ethyl adjacent to an activating group) is 1. The van der Waals surface area contributed by atoms with Crippen LogP contribution in [0, 0.1) is 0 Å². The van der Waals surface area contributed by atoms with Crippen LogP contribution in [0.2, 0.25) is 0 Å². The second-order valence-corrected chi connectivity index (χ2v) is 4.33. The van der Waals surface area contributed by atoms with Crippen LogP contribution in [0.5, 0.6) is 0 Å². The molecule has 1 unspecified atom stereocenters. The molecular weight excluding hydrogens is 315 g/mol. The molecule has 1 aromatic carbocycles. The highest BCUT2D eigenvalue weighted by molar-refractivity contribution is 5.87. The van der Waals surface area contributed by atoms with E-state index in [0.29, 0.717) is 13.1 Å². The van der Waals surface area contributed by atoms with E-state index in [-0.39, 0.29) is 37.1 Å². The van der Waals surface area contributed by atoms with Gasteiger partial charge in [0.25, 0.3) is 0 Å². The maximum atomic E-state index is 11.5. The third kappa shape index (κ3) is 8.39. The van der Waals surface area contributed by atoms with E-state index in [1.807, 2.05) is 42.3 Å². The zero-order chi connectivity index (χ0) is 14.3. The first-order chi connectivity index (χ1) is 9.00. The molecule has 0 aliphatic rings. The van der Waals surface area contributed by atoms with Gasteiger partial charge in [-0.25, -0.2) is 0 Å². The van der Waals surface area contributed by atoms with Gasteiger partial charge in [-0.1, -0.05) is 18.2 Å². The molecule has 21 heavy (non-hydrogen) atoms. The van der Waals surface area contributed by atoms with Crippen molar-refractivity contribution in [3.63, 3.8) is 0 Å². The second-order valence-electron chi connectivity index (χ2n) is 4.33. The summed E-state index contributed by atoms with van der Waals surface area (Å²) in [4.78, 5) is 24.2. The summed E-state index contributed by atoms with van der Waals surface area (Å²) in [5.41, 5.74) is 11.6. The van der Waals surface area contributed by atoms with E-state index in [2.05, 4.69) is 5.32 Å². The highest BCUT2D eigenvalue weighted by atomic mass is 35.5. The van der Waals surface area contributed by atoms with Crippen LogP contribution in [-0.2, 0) is 9.59 Å². The minimum atomic E-state index is -0.875. The van der Waals surface area contributed by atoms with Crippen LogP contribution in [0.25, 0.3) is 0 Å². The quantitative estimate of drug-likeness (QED) is 0.665. The Hall–Kier alpha value is -1.50. The van der Waals surface area contributed by atoms with Crippen LogP contribution >= 0.6 is 24.8 Å². The second kappa shape index (κ2) is 11.2. The van der Waals surface area contributed by atoms with Crippen LogP contribution < -0.4 is 21.7 Å². The van der Waals surface area contributed by atoms with Crippen molar-refractivity contribution in [2.75, 3.05) is 25.0 Å². The minimum absolute atomic E-state index is 0. The lowest BCUT2D eigenvalue weighted by atomic mass is 10.2. The summed E-state index contributed by atoms with van der Waals surface area (Å²) in [5.74, 6) is -0.940. The molecule has 120 valence electrons. The molecular formula is C13H22Cl2N4O2. The molecule has 0 saturated heterocycles. The molecule has 0 heterocycles. The molecule has 0 aliphatic carbocycles. The van der Waals surface area contributed by atoms with Crippen LogP contribution in [0.3, 0.4) is 0 Å². The minimum Gasteiger partial charge on any atom is -0.373 e. The van der Waals surface area contributed by atoms with Crippen molar-refractivity contribution >= 4 is 42.3 Å². The largest absolute Gasteiger partial charge is 0.373 e. The topological polar surface area (TPSA) is 101 Å². The molecule has 0 fully saturated rings. The van der Waals surface area contributed by atoms with Gasteiger partial charge in [0.1, 0.15) is 0 Å². The van der Waals surface area contributed by atoms with Gasteiger partial charge >= 0.3 is 0 Å². The third-order valence-electron chi connectivity index (χ3n) is 2.70. The molecule has 0 aromatic heterocycles. The van der Waals surface area contributed by atoms with Crippen LogP contribution in [-0.4, -0.2) is 38.0 Å². The van der Waals surface area contributed by atoms with Crippen molar-refractivity contribution in [3.05, 3.63) is 30.3 Å². The van der Waals surface area contributed by atoms with Gasteiger partial charge in [0.2, 0.25) is 11.8 Å². The smallest absolute Gasteiger partial charge is 0.237 e. The summed E-state index contributed by atoms with van der Waals surface area (Å²) in [6, 6.07) is 8.95. The van der Waals surface area contributed by atoms with Gasteiger partial charge in [0, 0.05) is 25.8 Å². The third-order valence-corrected chi connectivity index (χ3v) is 2.70. The summed E-state index contributed by atoms with van der Waals surface area (Å²) in [6.45, 7) is 1.11. The number of hydrogen-bond acceptors (Lipinski definition) is 4. The maximum absolute atomic E-state index is 11.5. The maximum Gasteiger partial charge on any atom is 0.237 e. The number of nitrogens with zero attached hydrogens (tertiary/aromatic N) is 1. The van der Waals surface area contributed by atoms with Gasteiger partial charge in [0.15, 0.2) is 0 Å². The molecule has 1 atom stereocenters. The monoisotopic (exact) mass is 336 g/mol. The molecule has 0 bridgehead atoms. The fraction of sp³-hybridized carbons (Fsp3) is 0.385. The van der Waals surface area contributed by atoms with Crippen molar-refractivity contribution in [1.29, 1.82) is 0 Å². The highest BCUT2D eigenvalue weighted by Crippen LogP contribution is 2.09. The van der Waals surface area contributed by atoms with Crippen molar-refractivity contribution in [3.8, 4) is 0 Å². The van der Waals surface area contributed by atoms with E-state index in [4.69, 9.17) is 11.5 Å². The molecule has 5 N–H and O–H groups in total. The lowest BCUT2D eigenvalue weighted by Gasteiger charge is -2.20. The van der Waals surface area contributed by atoms with E-state index in [0.717, 1.165) is 5.69 Å².